The Hall–Kier alpha value is -3.96. The first kappa shape index (κ1) is 16.5. The van der Waals surface area contributed by atoms with Crippen LogP contribution in [-0.2, 0) is 6.42 Å². The van der Waals surface area contributed by atoms with Crippen molar-refractivity contribution in [3.05, 3.63) is 83.2 Å². The van der Waals surface area contributed by atoms with Crippen molar-refractivity contribution in [3.63, 3.8) is 0 Å². The van der Waals surface area contributed by atoms with Gasteiger partial charge in [-0.2, -0.15) is 10.5 Å². The predicted octanol–water partition coefficient (Wildman–Crippen LogP) is 3.69. The van der Waals surface area contributed by atoms with Gasteiger partial charge < -0.3 is 4.90 Å². The molecule has 0 N–H and O–H groups in total. The standard InChI is InChI=1S/C22H14N4O/c23-11-15-4-6-17(7-5-15)20-13-25-14-21-19(20)8-9-26(21)22(27)18-3-1-2-16(10-18)12-24/h1-7,10,13-14H,8-9H2. The number of benzene rings is 2. The van der Waals surface area contributed by atoms with Gasteiger partial charge >= 0.3 is 0 Å². The zero-order chi connectivity index (χ0) is 18.8. The van der Waals surface area contributed by atoms with E-state index in [1.807, 2.05) is 12.1 Å². The molecule has 1 amide bonds. The lowest BCUT2D eigenvalue weighted by molar-refractivity contribution is 0.0989. The predicted molar refractivity (Wildman–Crippen MR) is 101 cm³/mol. The highest BCUT2D eigenvalue weighted by atomic mass is 16.2. The molecule has 0 saturated carbocycles. The van der Waals surface area contributed by atoms with Crippen molar-refractivity contribution < 1.29 is 4.79 Å². The molecule has 0 atom stereocenters. The number of hydrogen-bond acceptors (Lipinski definition) is 4. The smallest absolute Gasteiger partial charge is 0.258 e. The van der Waals surface area contributed by atoms with E-state index in [0.717, 1.165) is 28.8 Å². The number of rotatable bonds is 2. The number of nitrogens with zero attached hydrogens (tertiary/aromatic N) is 4. The fraction of sp³-hybridized carbons (Fsp3) is 0.0909. The number of carbonyl (C=O) groups is 1. The number of amides is 1. The first-order chi connectivity index (χ1) is 13.2. The van der Waals surface area contributed by atoms with Gasteiger partial charge in [-0.25, -0.2) is 0 Å². The molecule has 0 spiro atoms. The normalized spacial score (nSPS) is 12.1. The number of carbonyl (C=O) groups excluding carboxylic acids is 1. The molecule has 0 bridgehead atoms. The Morgan fingerprint density at radius 2 is 1.78 bits per heavy atom. The molecule has 128 valence electrons. The summed E-state index contributed by atoms with van der Waals surface area (Å²) in [6, 6.07) is 18.3. The summed E-state index contributed by atoms with van der Waals surface area (Å²) in [6.45, 7) is 0.569. The lowest BCUT2D eigenvalue weighted by atomic mass is 9.99. The molecule has 0 aliphatic carbocycles. The van der Waals surface area contributed by atoms with Crippen molar-refractivity contribution in [3.8, 4) is 23.3 Å². The molecule has 0 radical (unpaired) electrons. The first-order valence-electron chi connectivity index (χ1n) is 8.50. The minimum atomic E-state index is -0.135. The molecule has 1 aliphatic rings. The van der Waals surface area contributed by atoms with Crippen molar-refractivity contribution in [1.29, 1.82) is 10.5 Å². The highest BCUT2D eigenvalue weighted by Crippen LogP contribution is 2.36. The second-order valence-corrected chi connectivity index (χ2v) is 6.27. The number of anilines is 1. The molecule has 0 unspecified atom stereocenters. The lowest BCUT2D eigenvalue weighted by Crippen LogP contribution is -2.28. The van der Waals surface area contributed by atoms with Crippen molar-refractivity contribution in [2.75, 3.05) is 11.4 Å². The van der Waals surface area contributed by atoms with Gasteiger partial charge in [0.05, 0.1) is 35.1 Å². The summed E-state index contributed by atoms with van der Waals surface area (Å²) in [5, 5.41) is 18.0. The summed E-state index contributed by atoms with van der Waals surface area (Å²) in [6.07, 6.45) is 4.24. The van der Waals surface area contributed by atoms with Gasteiger partial charge in [-0.1, -0.05) is 18.2 Å². The van der Waals surface area contributed by atoms with Gasteiger partial charge in [0.15, 0.2) is 0 Å². The van der Waals surface area contributed by atoms with E-state index < -0.39 is 0 Å². The van der Waals surface area contributed by atoms with E-state index >= 15 is 0 Å². The Morgan fingerprint density at radius 1 is 1.00 bits per heavy atom. The average molecular weight is 350 g/mol. The number of aromatic nitrogens is 1. The molecule has 3 aromatic rings. The maximum absolute atomic E-state index is 13.0. The lowest BCUT2D eigenvalue weighted by Gasteiger charge is -2.17. The van der Waals surface area contributed by atoms with Crippen LogP contribution in [0, 0.1) is 22.7 Å². The second-order valence-electron chi connectivity index (χ2n) is 6.27. The van der Waals surface area contributed by atoms with Gasteiger partial charge in [0.25, 0.3) is 5.91 Å². The zero-order valence-electron chi connectivity index (χ0n) is 14.4. The Labute approximate surface area is 156 Å². The fourth-order valence-corrected chi connectivity index (χ4v) is 3.38. The van der Waals surface area contributed by atoms with E-state index in [0.29, 0.717) is 23.2 Å². The Bertz CT molecular complexity index is 1120. The number of nitriles is 2. The van der Waals surface area contributed by atoms with Crippen LogP contribution in [0.5, 0.6) is 0 Å². The van der Waals surface area contributed by atoms with Crippen LogP contribution < -0.4 is 4.90 Å². The number of fused-ring (bicyclic) bond motifs is 1. The molecule has 2 aromatic carbocycles. The summed E-state index contributed by atoms with van der Waals surface area (Å²) >= 11 is 0. The molecule has 0 fully saturated rings. The molecule has 1 aliphatic heterocycles. The third kappa shape index (κ3) is 2.92. The van der Waals surface area contributed by atoms with Crippen molar-refractivity contribution in [2.45, 2.75) is 6.42 Å². The zero-order valence-corrected chi connectivity index (χ0v) is 14.4. The summed E-state index contributed by atoms with van der Waals surface area (Å²) in [5.41, 5.74) is 5.37. The topological polar surface area (TPSA) is 80.8 Å². The highest BCUT2D eigenvalue weighted by Gasteiger charge is 2.28. The van der Waals surface area contributed by atoms with Crippen molar-refractivity contribution in [1.82, 2.24) is 4.98 Å². The molecule has 4 rings (SSSR count). The van der Waals surface area contributed by atoms with Gasteiger partial charge in [0.2, 0.25) is 0 Å². The van der Waals surface area contributed by atoms with Crippen LogP contribution in [0.3, 0.4) is 0 Å². The summed E-state index contributed by atoms with van der Waals surface area (Å²) in [5.74, 6) is -0.135. The van der Waals surface area contributed by atoms with Gasteiger partial charge in [-0.05, 0) is 47.9 Å². The number of hydrogen-bond donors (Lipinski definition) is 0. The van der Waals surface area contributed by atoms with Crippen LogP contribution in [-0.4, -0.2) is 17.4 Å². The number of pyridine rings is 1. The maximum Gasteiger partial charge on any atom is 0.258 e. The van der Waals surface area contributed by atoms with E-state index in [1.165, 1.54) is 0 Å². The minimum absolute atomic E-state index is 0.135. The van der Waals surface area contributed by atoms with E-state index in [4.69, 9.17) is 10.5 Å². The monoisotopic (exact) mass is 350 g/mol. The minimum Gasteiger partial charge on any atom is -0.306 e. The van der Waals surface area contributed by atoms with Crippen LogP contribution in [0.25, 0.3) is 11.1 Å². The quantitative estimate of drug-likeness (QED) is 0.706. The molecular weight excluding hydrogens is 336 g/mol. The Balaban J connectivity index is 1.71. The van der Waals surface area contributed by atoms with Crippen LogP contribution in [0.4, 0.5) is 5.69 Å². The van der Waals surface area contributed by atoms with Crippen LogP contribution >= 0.6 is 0 Å². The third-order valence-electron chi connectivity index (χ3n) is 4.72. The van der Waals surface area contributed by atoms with Crippen LogP contribution in [0.2, 0.25) is 0 Å². The molecule has 27 heavy (non-hydrogen) atoms. The molecule has 0 saturated heterocycles. The summed E-state index contributed by atoms with van der Waals surface area (Å²) in [7, 11) is 0. The van der Waals surface area contributed by atoms with Gasteiger partial charge in [-0.3, -0.25) is 9.78 Å². The van der Waals surface area contributed by atoms with E-state index in [-0.39, 0.29) is 5.91 Å². The molecule has 5 heteroatoms. The largest absolute Gasteiger partial charge is 0.306 e. The maximum atomic E-state index is 13.0. The Kier molecular flexibility index (Phi) is 4.12. The van der Waals surface area contributed by atoms with Gasteiger partial charge in [0, 0.05) is 23.9 Å². The van der Waals surface area contributed by atoms with Crippen molar-refractivity contribution in [2.24, 2.45) is 0 Å². The third-order valence-corrected chi connectivity index (χ3v) is 4.72. The molecule has 2 heterocycles. The molecule has 1 aromatic heterocycles. The van der Waals surface area contributed by atoms with E-state index in [1.54, 1.807) is 53.7 Å². The summed E-state index contributed by atoms with van der Waals surface area (Å²) < 4.78 is 0. The molecule has 5 nitrogen and oxygen atoms in total. The summed E-state index contributed by atoms with van der Waals surface area (Å²) in [4.78, 5) is 19.0. The highest BCUT2D eigenvalue weighted by molar-refractivity contribution is 6.08. The Morgan fingerprint density at radius 3 is 2.52 bits per heavy atom. The molecular formula is C22H14N4O. The van der Waals surface area contributed by atoms with Crippen molar-refractivity contribution >= 4 is 11.6 Å². The van der Waals surface area contributed by atoms with Gasteiger partial charge in [0.1, 0.15) is 0 Å². The van der Waals surface area contributed by atoms with E-state index in [9.17, 15) is 4.79 Å². The average Bonchev–Trinajstić information content (AvgIpc) is 3.17. The van der Waals surface area contributed by atoms with E-state index in [2.05, 4.69) is 17.1 Å². The first-order valence-corrected chi connectivity index (χ1v) is 8.50. The van der Waals surface area contributed by atoms with Crippen LogP contribution in [0.1, 0.15) is 27.0 Å². The SMILES string of the molecule is N#Cc1ccc(-c2cncc3c2CCN3C(=O)c2cccc(C#N)c2)cc1. The van der Waals surface area contributed by atoms with Gasteiger partial charge in [-0.15, -0.1) is 0 Å². The second kappa shape index (κ2) is 6.74. The fourth-order valence-electron chi connectivity index (χ4n) is 3.38. The van der Waals surface area contributed by atoms with Crippen LogP contribution in [0.15, 0.2) is 60.9 Å².